The van der Waals surface area contributed by atoms with E-state index in [0.717, 1.165) is 34.9 Å². The van der Waals surface area contributed by atoms with Crippen molar-refractivity contribution in [3.05, 3.63) is 28.0 Å². The summed E-state index contributed by atoms with van der Waals surface area (Å²) in [5, 5.41) is 1.14. The van der Waals surface area contributed by atoms with Crippen LogP contribution in [-0.2, 0) is 17.6 Å². The molecule has 0 radical (unpaired) electrons. The fourth-order valence-electron chi connectivity index (χ4n) is 3.06. The number of aryl methyl sites for hydroxylation is 1. The van der Waals surface area contributed by atoms with E-state index in [2.05, 4.69) is 32.0 Å². The summed E-state index contributed by atoms with van der Waals surface area (Å²) in [6.07, 6.45) is 2.42. The number of ether oxygens (including phenoxy) is 1. The van der Waals surface area contributed by atoms with Crippen molar-refractivity contribution >= 4 is 33.1 Å². The lowest BCUT2D eigenvalue weighted by Crippen LogP contribution is -2.43. The van der Waals surface area contributed by atoms with Gasteiger partial charge in [-0.1, -0.05) is 0 Å². The molecule has 2 heterocycles. The average Bonchev–Trinajstić information content (AvgIpc) is 2.80. The van der Waals surface area contributed by atoms with Gasteiger partial charge in [0.25, 0.3) is 0 Å². The number of hydrogen-bond donors (Lipinski definition) is 1. The molecule has 1 aliphatic carbocycles. The highest BCUT2D eigenvalue weighted by molar-refractivity contribution is 9.10. The minimum Gasteiger partial charge on any atom is -0.444 e. The van der Waals surface area contributed by atoms with Gasteiger partial charge in [0, 0.05) is 24.2 Å². The van der Waals surface area contributed by atoms with Crippen LogP contribution in [0.15, 0.2) is 16.7 Å². The number of carbonyl (C=O) groups is 1. The molecule has 0 saturated carbocycles. The third kappa shape index (κ3) is 3.37. The van der Waals surface area contributed by atoms with Crippen molar-refractivity contribution in [3.63, 3.8) is 0 Å². The molecule has 1 unspecified atom stereocenters. The zero-order valence-electron chi connectivity index (χ0n) is 13.9. The fourth-order valence-corrected chi connectivity index (χ4v) is 3.37. The first-order chi connectivity index (χ1) is 10.7. The molecule has 124 valence electrons. The van der Waals surface area contributed by atoms with Crippen LogP contribution in [0, 0.1) is 0 Å². The Bertz CT molecular complexity index is 748. The SMILES string of the molecule is CN(C(=O)OC(C)(C)C)C1CCc2[nH]c3nc(Br)ccc3c2C1. The van der Waals surface area contributed by atoms with E-state index in [4.69, 9.17) is 4.74 Å². The lowest BCUT2D eigenvalue weighted by Gasteiger charge is -2.33. The van der Waals surface area contributed by atoms with Gasteiger partial charge in [-0.2, -0.15) is 0 Å². The smallest absolute Gasteiger partial charge is 0.410 e. The van der Waals surface area contributed by atoms with Gasteiger partial charge in [0.2, 0.25) is 0 Å². The summed E-state index contributed by atoms with van der Waals surface area (Å²) in [6, 6.07) is 4.19. The van der Waals surface area contributed by atoms with Crippen LogP contribution < -0.4 is 0 Å². The molecule has 0 spiro atoms. The number of H-pyrrole nitrogens is 1. The predicted octanol–water partition coefficient (Wildman–Crippen LogP) is 4.05. The van der Waals surface area contributed by atoms with Crippen LogP contribution in [0.4, 0.5) is 4.79 Å². The van der Waals surface area contributed by atoms with Crippen LogP contribution in [0.5, 0.6) is 0 Å². The Kier molecular flexibility index (Phi) is 4.12. The summed E-state index contributed by atoms with van der Waals surface area (Å²) in [4.78, 5) is 21.9. The number of fused-ring (bicyclic) bond motifs is 3. The van der Waals surface area contributed by atoms with E-state index in [-0.39, 0.29) is 12.1 Å². The second-order valence-corrected chi connectivity index (χ2v) is 7.91. The molecule has 0 fully saturated rings. The van der Waals surface area contributed by atoms with E-state index in [0.29, 0.717) is 0 Å². The third-order valence-corrected chi connectivity index (χ3v) is 4.66. The van der Waals surface area contributed by atoms with E-state index in [1.54, 1.807) is 4.90 Å². The summed E-state index contributed by atoms with van der Waals surface area (Å²) in [5.74, 6) is 0. The van der Waals surface area contributed by atoms with E-state index in [9.17, 15) is 4.79 Å². The van der Waals surface area contributed by atoms with Crippen LogP contribution in [0.3, 0.4) is 0 Å². The monoisotopic (exact) mass is 379 g/mol. The number of halogens is 1. The molecule has 1 amide bonds. The fraction of sp³-hybridized carbons (Fsp3) is 0.529. The first-order valence-corrected chi connectivity index (χ1v) is 8.65. The van der Waals surface area contributed by atoms with Crippen LogP contribution >= 0.6 is 15.9 Å². The van der Waals surface area contributed by atoms with E-state index in [1.165, 1.54) is 11.3 Å². The number of nitrogens with zero attached hydrogens (tertiary/aromatic N) is 2. The minimum atomic E-state index is -0.470. The summed E-state index contributed by atoms with van der Waals surface area (Å²) in [5.41, 5.74) is 2.94. The van der Waals surface area contributed by atoms with Crippen molar-refractivity contribution in [1.82, 2.24) is 14.9 Å². The molecule has 1 N–H and O–H groups in total. The van der Waals surface area contributed by atoms with Crippen LogP contribution in [-0.4, -0.2) is 39.7 Å². The predicted molar refractivity (Wildman–Crippen MR) is 93.6 cm³/mol. The number of likely N-dealkylation sites (N-methyl/N-ethyl adjacent to an activating group) is 1. The van der Waals surface area contributed by atoms with Gasteiger partial charge in [0.05, 0.1) is 0 Å². The Morgan fingerprint density at radius 1 is 1.43 bits per heavy atom. The summed E-state index contributed by atoms with van der Waals surface area (Å²) >= 11 is 3.41. The topological polar surface area (TPSA) is 58.2 Å². The van der Waals surface area contributed by atoms with Gasteiger partial charge in [0.1, 0.15) is 15.9 Å². The van der Waals surface area contributed by atoms with Crippen molar-refractivity contribution in [2.75, 3.05) is 7.05 Å². The van der Waals surface area contributed by atoms with Crippen LogP contribution in [0.2, 0.25) is 0 Å². The molecule has 0 saturated heterocycles. The number of pyridine rings is 1. The maximum Gasteiger partial charge on any atom is 0.410 e. The van der Waals surface area contributed by atoms with E-state index in [1.807, 2.05) is 33.9 Å². The van der Waals surface area contributed by atoms with Crippen LogP contribution in [0.1, 0.15) is 38.4 Å². The second kappa shape index (κ2) is 5.82. The molecule has 2 aromatic heterocycles. The molecule has 23 heavy (non-hydrogen) atoms. The van der Waals surface area contributed by atoms with Crippen molar-refractivity contribution in [3.8, 4) is 0 Å². The van der Waals surface area contributed by atoms with Crippen molar-refractivity contribution < 1.29 is 9.53 Å². The van der Waals surface area contributed by atoms with Crippen molar-refractivity contribution in [2.24, 2.45) is 0 Å². The largest absolute Gasteiger partial charge is 0.444 e. The normalized spacial score (nSPS) is 17.9. The Labute approximate surface area is 144 Å². The van der Waals surface area contributed by atoms with Gasteiger partial charge in [-0.3, -0.25) is 0 Å². The van der Waals surface area contributed by atoms with E-state index < -0.39 is 5.60 Å². The maximum atomic E-state index is 12.3. The highest BCUT2D eigenvalue weighted by atomic mass is 79.9. The number of aromatic amines is 1. The third-order valence-electron chi connectivity index (χ3n) is 4.22. The first-order valence-electron chi connectivity index (χ1n) is 7.86. The lowest BCUT2D eigenvalue weighted by atomic mass is 9.91. The van der Waals surface area contributed by atoms with Gasteiger partial charge >= 0.3 is 6.09 Å². The molecule has 5 nitrogen and oxygen atoms in total. The molecule has 1 atom stereocenters. The second-order valence-electron chi connectivity index (χ2n) is 7.10. The molecule has 2 aromatic rings. The van der Waals surface area contributed by atoms with Gasteiger partial charge in [-0.05, 0) is 73.7 Å². The number of carbonyl (C=O) groups excluding carboxylic acids is 1. The molecular weight excluding hydrogens is 358 g/mol. The first kappa shape index (κ1) is 16.3. The minimum absolute atomic E-state index is 0.153. The Morgan fingerprint density at radius 3 is 2.87 bits per heavy atom. The Hall–Kier alpha value is -1.56. The Morgan fingerprint density at radius 2 is 2.17 bits per heavy atom. The molecule has 3 rings (SSSR count). The molecule has 6 heteroatoms. The maximum absolute atomic E-state index is 12.3. The molecule has 0 aromatic carbocycles. The standard InChI is InChI=1S/C17H22BrN3O2/c1-17(2,3)23-16(22)21(4)10-5-7-13-12(9-10)11-6-8-14(18)20-15(11)19-13/h6,8,10H,5,7,9H2,1-4H3,(H,19,20). The van der Waals surface area contributed by atoms with Gasteiger partial charge in [-0.15, -0.1) is 0 Å². The van der Waals surface area contributed by atoms with Gasteiger partial charge in [-0.25, -0.2) is 9.78 Å². The quantitative estimate of drug-likeness (QED) is 0.760. The lowest BCUT2D eigenvalue weighted by molar-refractivity contribution is 0.0210. The van der Waals surface area contributed by atoms with Crippen molar-refractivity contribution in [2.45, 2.75) is 51.7 Å². The molecular formula is C17H22BrN3O2. The summed E-state index contributed by atoms with van der Waals surface area (Å²) < 4.78 is 6.31. The number of amides is 1. The number of hydrogen-bond acceptors (Lipinski definition) is 3. The zero-order valence-corrected chi connectivity index (χ0v) is 15.5. The summed E-state index contributed by atoms with van der Waals surface area (Å²) in [7, 11) is 1.83. The highest BCUT2D eigenvalue weighted by Crippen LogP contribution is 2.31. The van der Waals surface area contributed by atoms with Crippen LogP contribution in [0.25, 0.3) is 11.0 Å². The highest BCUT2D eigenvalue weighted by Gasteiger charge is 2.30. The van der Waals surface area contributed by atoms with Crippen molar-refractivity contribution in [1.29, 1.82) is 0 Å². The molecule has 0 aliphatic heterocycles. The van der Waals surface area contributed by atoms with Gasteiger partial charge < -0.3 is 14.6 Å². The number of nitrogens with one attached hydrogen (secondary N) is 1. The van der Waals surface area contributed by atoms with Gasteiger partial charge in [0.15, 0.2) is 0 Å². The Balaban J connectivity index is 1.82. The number of aromatic nitrogens is 2. The average molecular weight is 380 g/mol. The number of rotatable bonds is 1. The zero-order chi connectivity index (χ0) is 16.8. The molecule has 0 bridgehead atoms. The summed E-state index contributed by atoms with van der Waals surface area (Å²) in [6.45, 7) is 5.67. The van der Waals surface area contributed by atoms with E-state index >= 15 is 0 Å². The molecule has 1 aliphatic rings.